The first-order chi connectivity index (χ1) is 10.5. The lowest BCUT2D eigenvalue weighted by molar-refractivity contribution is 0.0629. The molecule has 0 spiro atoms. The van der Waals surface area contributed by atoms with E-state index in [1.807, 2.05) is 0 Å². The number of aromatic amines is 1. The van der Waals surface area contributed by atoms with E-state index in [2.05, 4.69) is 23.8 Å². The van der Waals surface area contributed by atoms with Gasteiger partial charge in [-0.2, -0.15) is 0 Å². The Morgan fingerprint density at radius 3 is 3.05 bits per heavy atom. The van der Waals surface area contributed by atoms with E-state index < -0.39 is 0 Å². The van der Waals surface area contributed by atoms with Gasteiger partial charge in [0, 0.05) is 18.6 Å². The molecule has 1 atom stereocenters. The van der Waals surface area contributed by atoms with Gasteiger partial charge in [-0.3, -0.25) is 4.79 Å². The van der Waals surface area contributed by atoms with Crippen LogP contribution in [0.5, 0.6) is 5.06 Å². The summed E-state index contributed by atoms with van der Waals surface area (Å²) in [6.07, 6.45) is 3.67. The number of ether oxygens (including phenoxy) is 2. The molecule has 4 rings (SSSR count). The van der Waals surface area contributed by atoms with Crippen LogP contribution in [0.2, 0.25) is 0 Å². The van der Waals surface area contributed by atoms with Gasteiger partial charge in [0.25, 0.3) is 5.56 Å². The van der Waals surface area contributed by atoms with E-state index in [0.29, 0.717) is 6.42 Å². The molecule has 0 aromatic carbocycles. The lowest BCUT2D eigenvalue weighted by Gasteiger charge is -2.24. The van der Waals surface area contributed by atoms with Crippen LogP contribution in [0.25, 0.3) is 10.2 Å². The molecule has 5 nitrogen and oxygen atoms in total. The van der Waals surface area contributed by atoms with Crippen LogP contribution in [0.3, 0.4) is 0 Å². The molecule has 1 saturated heterocycles. The molecule has 22 heavy (non-hydrogen) atoms. The summed E-state index contributed by atoms with van der Waals surface area (Å²) >= 11 is 1.49. The van der Waals surface area contributed by atoms with Crippen molar-refractivity contribution in [2.45, 2.75) is 45.6 Å². The molecule has 0 bridgehead atoms. The second kappa shape index (κ2) is 5.06. The van der Waals surface area contributed by atoms with Gasteiger partial charge in [0.05, 0.1) is 18.1 Å². The zero-order valence-corrected chi connectivity index (χ0v) is 13.7. The maximum Gasteiger partial charge on any atom is 0.260 e. The van der Waals surface area contributed by atoms with Crippen LogP contribution in [-0.4, -0.2) is 29.3 Å². The lowest BCUT2D eigenvalue weighted by Crippen LogP contribution is -2.28. The average molecular weight is 320 g/mol. The minimum absolute atomic E-state index is 0.0428. The number of hydrogen-bond acceptors (Lipinski definition) is 5. The van der Waals surface area contributed by atoms with E-state index in [1.54, 1.807) is 0 Å². The van der Waals surface area contributed by atoms with Crippen LogP contribution >= 0.6 is 11.3 Å². The number of hydrogen-bond donors (Lipinski definition) is 1. The zero-order valence-electron chi connectivity index (χ0n) is 12.9. The van der Waals surface area contributed by atoms with E-state index >= 15 is 0 Å². The Kier molecular flexibility index (Phi) is 3.27. The summed E-state index contributed by atoms with van der Waals surface area (Å²) in [5, 5.41) is 1.59. The zero-order chi connectivity index (χ0) is 15.3. The highest BCUT2D eigenvalue weighted by Crippen LogP contribution is 2.39. The first-order valence-electron chi connectivity index (χ1n) is 7.83. The number of nitrogens with zero attached hydrogens (tertiary/aromatic N) is 1. The van der Waals surface area contributed by atoms with Crippen LogP contribution in [0.1, 0.15) is 38.1 Å². The Balaban J connectivity index is 1.73. The van der Waals surface area contributed by atoms with Crippen LogP contribution < -0.4 is 10.3 Å². The van der Waals surface area contributed by atoms with Crippen LogP contribution in [0.4, 0.5) is 0 Å². The van der Waals surface area contributed by atoms with Crippen molar-refractivity contribution in [1.29, 1.82) is 0 Å². The topological polar surface area (TPSA) is 64.2 Å². The predicted octanol–water partition coefficient (Wildman–Crippen LogP) is 2.67. The third-order valence-electron chi connectivity index (χ3n) is 4.79. The van der Waals surface area contributed by atoms with E-state index in [1.165, 1.54) is 11.3 Å². The fourth-order valence-electron chi connectivity index (χ4n) is 3.30. The normalized spacial score (nSPS) is 23.5. The van der Waals surface area contributed by atoms with Crippen molar-refractivity contribution in [3.63, 3.8) is 0 Å². The van der Waals surface area contributed by atoms with Gasteiger partial charge in [-0.15, -0.1) is 0 Å². The van der Waals surface area contributed by atoms with Gasteiger partial charge < -0.3 is 14.5 Å². The number of aryl methyl sites for hydroxylation is 1. The molecular formula is C16H20N2O3S. The maximum absolute atomic E-state index is 12.5. The molecule has 0 saturated carbocycles. The van der Waals surface area contributed by atoms with Gasteiger partial charge in [0.2, 0.25) is 0 Å². The summed E-state index contributed by atoms with van der Waals surface area (Å²) in [6.45, 7) is 5.93. The molecule has 2 aliphatic rings. The van der Waals surface area contributed by atoms with E-state index in [4.69, 9.17) is 9.47 Å². The average Bonchev–Trinajstić information content (AvgIpc) is 2.99. The largest absolute Gasteiger partial charge is 0.484 e. The number of thiophene rings is 1. The molecule has 2 aliphatic heterocycles. The highest BCUT2D eigenvalue weighted by atomic mass is 32.1. The Morgan fingerprint density at radius 1 is 1.41 bits per heavy atom. The highest BCUT2D eigenvalue weighted by Gasteiger charge is 2.36. The van der Waals surface area contributed by atoms with Crippen molar-refractivity contribution in [2.75, 3.05) is 13.2 Å². The molecule has 4 heterocycles. The molecule has 0 radical (unpaired) electrons. The lowest BCUT2D eigenvalue weighted by atomic mass is 9.84. The van der Waals surface area contributed by atoms with Crippen molar-refractivity contribution >= 4 is 21.6 Å². The maximum atomic E-state index is 12.5. The quantitative estimate of drug-likeness (QED) is 0.924. The first kappa shape index (κ1) is 14.2. The fourth-order valence-corrected chi connectivity index (χ4v) is 4.42. The molecule has 6 heteroatoms. The third kappa shape index (κ3) is 2.25. The first-order valence-corrected chi connectivity index (χ1v) is 8.65. The molecule has 1 N–H and O–H groups in total. The van der Waals surface area contributed by atoms with Crippen molar-refractivity contribution in [1.82, 2.24) is 9.97 Å². The molecule has 0 amide bonds. The monoisotopic (exact) mass is 320 g/mol. The molecular weight excluding hydrogens is 300 g/mol. The van der Waals surface area contributed by atoms with Crippen LogP contribution in [-0.2, 0) is 17.6 Å². The van der Waals surface area contributed by atoms with Gasteiger partial charge in [-0.25, -0.2) is 4.98 Å². The standard InChI is InChI=1S/C16H20N2O3S/c1-16(2)5-7-20-10(16)8-11-17-13(19)12-9-4-3-6-21-15(9)22-14(12)18-11/h10H,3-8H2,1-2H3,(H,17,18,19). The number of fused-ring (bicyclic) bond motifs is 3. The Labute approximate surface area is 132 Å². The number of H-pyrrole nitrogens is 1. The summed E-state index contributed by atoms with van der Waals surface area (Å²) in [4.78, 5) is 20.9. The van der Waals surface area contributed by atoms with E-state index in [0.717, 1.165) is 59.1 Å². The second-order valence-electron chi connectivity index (χ2n) is 6.82. The van der Waals surface area contributed by atoms with Gasteiger partial charge in [-0.05, 0) is 24.7 Å². The minimum atomic E-state index is -0.0428. The fraction of sp³-hybridized carbons (Fsp3) is 0.625. The van der Waals surface area contributed by atoms with Crippen molar-refractivity contribution < 1.29 is 9.47 Å². The predicted molar refractivity (Wildman–Crippen MR) is 85.9 cm³/mol. The van der Waals surface area contributed by atoms with Gasteiger partial charge >= 0.3 is 0 Å². The Hall–Kier alpha value is -1.40. The summed E-state index contributed by atoms with van der Waals surface area (Å²) in [7, 11) is 0. The summed E-state index contributed by atoms with van der Waals surface area (Å²) in [5.41, 5.74) is 1.12. The van der Waals surface area contributed by atoms with Gasteiger partial charge in [0.15, 0.2) is 5.06 Å². The van der Waals surface area contributed by atoms with Crippen molar-refractivity contribution in [3.05, 3.63) is 21.7 Å². The Bertz CT molecular complexity index is 778. The summed E-state index contributed by atoms with van der Waals surface area (Å²) in [6, 6.07) is 0. The molecule has 118 valence electrons. The van der Waals surface area contributed by atoms with E-state index in [-0.39, 0.29) is 17.1 Å². The van der Waals surface area contributed by atoms with E-state index in [9.17, 15) is 4.79 Å². The molecule has 1 unspecified atom stereocenters. The van der Waals surface area contributed by atoms with Gasteiger partial charge in [0.1, 0.15) is 10.7 Å². The smallest absolute Gasteiger partial charge is 0.260 e. The van der Waals surface area contributed by atoms with Crippen molar-refractivity contribution in [2.24, 2.45) is 5.41 Å². The SMILES string of the molecule is CC1(C)CCOC1Cc1nc2sc3c(c2c(=O)[nH]1)CCCO3. The molecule has 1 fully saturated rings. The number of aromatic nitrogens is 2. The summed E-state index contributed by atoms with van der Waals surface area (Å²) < 4.78 is 11.5. The van der Waals surface area contributed by atoms with Crippen molar-refractivity contribution in [3.8, 4) is 5.06 Å². The third-order valence-corrected chi connectivity index (χ3v) is 5.83. The highest BCUT2D eigenvalue weighted by molar-refractivity contribution is 7.20. The molecule has 0 aliphatic carbocycles. The van der Waals surface area contributed by atoms with Crippen LogP contribution in [0, 0.1) is 5.41 Å². The summed E-state index contributed by atoms with van der Waals surface area (Å²) in [5.74, 6) is 0.719. The van der Waals surface area contributed by atoms with Gasteiger partial charge in [-0.1, -0.05) is 25.2 Å². The van der Waals surface area contributed by atoms with Crippen LogP contribution in [0.15, 0.2) is 4.79 Å². The molecule has 2 aromatic rings. The second-order valence-corrected chi connectivity index (χ2v) is 7.78. The molecule has 2 aromatic heterocycles. The number of nitrogens with one attached hydrogen (secondary N) is 1. The Morgan fingerprint density at radius 2 is 2.27 bits per heavy atom. The number of rotatable bonds is 2. The minimum Gasteiger partial charge on any atom is -0.484 e.